The first-order chi connectivity index (χ1) is 11.4. The van der Waals surface area contributed by atoms with E-state index in [1.165, 1.54) is 6.92 Å². The van der Waals surface area contributed by atoms with E-state index in [0.29, 0.717) is 30.1 Å². The van der Waals surface area contributed by atoms with Crippen LogP contribution in [0, 0.1) is 12.8 Å². The fourth-order valence-corrected chi connectivity index (χ4v) is 2.50. The van der Waals surface area contributed by atoms with Crippen molar-refractivity contribution in [2.45, 2.75) is 13.8 Å². The molecule has 7 heteroatoms. The van der Waals surface area contributed by atoms with Gasteiger partial charge in [-0.15, -0.1) is 0 Å². The van der Waals surface area contributed by atoms with Crippen LogP contribution in [0.2, 0.25) is 0 Å². The number of carbonyl (C=O) groups excluding carboxylic acids is 3. The normalized spacial score (nSPS) is 14.2. The first kappa shape index (κ1) is 15.9. The second kappa shape index (κ2) is 6.27. The van der Waals surface area contributed by atoms with Crippen LogP contribution >= 0.6 is 0 Å². The molecule has 0 radical (unpaired) electrons. The monoisotopic (exact) mass is 327 g/mol. The third-order valence-corrected chi connectivity index (χ3v) is 3.92. The van der Waals surface area contributed by atoms with Gasteiger partial charge in [0.15, 0.2) is 11.5 Å². The van der Waals surface area contributed by atoms with E-state index in [1.807, 2.05) is 0 Å². The number of likely N-dealkylation sites (tertiary alicyclic amines) is 1. The van der Waals surface area contributed by atoms with Gasteiger partial charge in [0.05, 0.1) is 5.92 Å². The van der Waals surface area contributed by atoms with Gasteiger partial charge < -0.3 is 14.7 Å². The van der Waals surface area contributed by atoms with Crippen molar-refractivity contribution >= 4 is 23.3 Å². The van der Waals surface area contributed by atoms with Gasteiger partial charge in [-0.05, 0) is 26.0 Å². The SMILES string of the molecule is CC(=O)c1cccc(NC(=O)C2CN(C(=O)c3cc(C)on3)C2)c1. The average Bonchev–Trinajstić information content (AvgIpc) is 2.92. The number of anilines is 1. The minimum atomic E-state index is -0.275. The van der Waals surface area contributed by atoms with E-state index in [-0.39, 0.29) is 29.2 Å². The molecule has 1 saturated heterocycles. The Labute approximate surface area is 138 Å². The van der Waals surface area contributed by atoms with E-state index >= 15 is 0 Å². The Kier molecular flexibility index (Phi) is 4.16. The summed E-state index contributed by atoms with van der Waals surface area (Å²) in [5.41, 5.74) is 1.37. The number of Topliss-reactive ketones (excluding diaryl/α,β-unsaturated/α-hetero) is 1. The quantitative estimate of drug-likeness (QED) is 0.866. The van der Waals surface area contributed by atoms with E-state index in [4.69, 9.17) is 4.52 Å². The van der Waals surface area contributed by atoms with Crippen LogP contribution in [0.5, 0.6) is 0 Å². The number of nitrogens with zero attached hydrogens (tertiary/aromatic N) is 2. The standard InChI is InChI=1S/C17H17N3O4/c1-10-6-15(19-24-10)17(23)20-8-13(9-20)16(22)18-14-5-3-4-12(7-14)11(2)21/h3-7,13H,8-9H2,1-2H3,(H,18,22). The Hall–Kier alpha value is -2.96. The molecule has 3 rings (SSSR count). The van der Waals surface area contributed by atoms with Crippen molar-refractivity contribution in [1.29, 1.82) is 0 Å². The lowest BCUT2D eigenvalue weighted by molar-refractivity contribution is -0.123. The molecule has 7 nitrogen and oxygen atoms in total. The van der Waals surface area contributed by atoms with E-state index in [0.717, 1.165) is 0 Å². The Balaban J connectivity index is 1.56. The molecule has 124 valence electrons. The summed E-state index contributed by atoms with van der Waals surface area (Å²) in [6.07, 6.45) is 0. The molecule has 0 atom stereocenters. The highest BCUT2D eigenvalue weighted by Crippen LogP contribution is 2.21. The third-order valence-electron chi connectivity index (χ3n) is 3.92. The molecule has 1 aromatic carbocycles. The van der Waals surface area contributed by atoms with E-state index < -0.39 is 0 Å². The smallest absolute Gasteiger partial charge is 0.276 e. The van der Waals surface area contributed by atoms with E-state index in [1.54, 1.807) is 42.2 Å². The first-order valence-corrected chi connectivity index (χ1v) is 7.58. The number of benzene rings is 1. The highest BCUT2D eigenvalue weighted by Gasteiger charge is 2.37. The first-order valence-electron chi connectivity index (χ1n) is 7.58. The molecule has 24 heavy (non-hydrogen) atoms. The van der Waals surface area contributed by atoms with Crippen LogP contribution in [0.3, 0.4) is 0 Å². The number of aryl methyl sites for hydroxylation is 1. The minimum absolute atomic E-state index is 0.0607. The van der Waals surface area contributed by atoms with Crippen molar-refractivity contribution in [2.24, 2.45) is 5.92 Å². The fraction of sp³-hybridized carbons (Fsp3) is 0.294. The number of ketones is 1. The predicted octanol–water partition coefficient (Wildman–Crippen LogP) is 1.90. The molecule has 2 aromatic rings. The Morgan fingerprint density at radius 3 is 2.62 bits per heavy atom. The maximum absolute atomic E-state index is 12.2. The van der Waals surface area contributed by atoms with Crippen LogP contribution in [0.15, 0.2) is 34.9 Å². The van der Waals surface area contributed by atoms with Crippen molar-refractivity contribution in [1.82, 2.24) is 10.1 Å². The lowest BCUT2D eigenvalue weighted by atomic mass is 9.98. The number of carbonyl (C=O) groups is 3. The summed E-state index contributed by atoms with van der Waals surface area (Å²) in [7, 11) is 0. The summed E-state index contributed by atoms with van der Waals surface area (Å²) in [6, 6.07) is 8.35. The zero-order valence-corrected chi connectivity index (χ0v) is 13.4. The summed E-state index contributed by atoms with van der Waals surface area (Å²) in [5, 5.41) is 6.46. The number of rotatable bonds is 4. The molecule has 1 aliphatic rings. The maximum Gasteiger partial charge on any atom is 0.276 e. The van der Waals surface area contributed by atoms with Gasteiger partial charge in [0.2, 0.25) is 5.91 Å². The Morgan fingerprint density at radius 2 is 2.00 bits per heavy atom. The number of aromatic nitrogens is 1. The molecular weight excluding hydrogens is 310 g/mol. The third kappa shape index (κ3) is 3.19. The van der Waals surface area contributed by atoms with Gasteiger partial charge in [-0.25, -0.2) is 0 Å². The van der Waals surface area contributed by atoms with Gasteiger partial charge in [0.1, 0.15) is 5.76 Å². The van der Waals surface area contributed by atoms with Gasteiger partial charge in [-0.3, -0.25) is 14.4 Å². The lowest BCUT2D eigenvalue weighted by Crippen LogP contribution is -2.54. The molecule has 0 bridgehead atoms. The Bertz CT molecular complexity index is 806. The maximum atomic E-state index is 12.2. The second-order valence-corrected chi connectivity index (χ2v) is 5.86. The van der Waals surface area contributed by atoms with E-state index in [9.17, 15) is 14.4 Å². The minimum Gasteiger partial charge on any atom is -0.361 e. The molecular formula is C17H17N3O4. The summed E-state index contributed by atoms with van der Waals surface area (Å²) in [6.45, 7) is 3.86. The molecule has 1 aromatic heterocycles. The zero-order valence-electron chi connectivity index (χ0n) is 13.4. The van der Waals surface area contributed by atoms with Crippen molar-refractivity contribution in [3.63, 3.8) is 0 Å². The van der Waals surface area contributed by atoms with Crippen LogP contribution in [-0.4, -0.2) is 40.7 Å². The highest BCUT2D eigenvalue weighted by atomic mass is 16.5. The summed E-state index contributed by atoms with van der Waals surface area (Å²) in [4.78, 5) is 37.3. The average molecular weight is 327 g/mol. The highest BCUT2D eigenvalue weighted by molar-refractivity contribution is 5.99. The number of amides is 2. The Morgan fingerprint density at radius 1 is 1.25 bits per heavy atom. The summed E-state index contributed by atoms with van der Waals surface area (Å²) >= 11 is 0. The molecule has 0 aliphatic carbocycles. The van der Waals surface area contributed by atoms with Gasteiger partial charge in [0, 0.05) is 30.4 Å². The molecule has 0 saturated carbocycles. The van der Waals surface area contributed by atoms with Crippen molar-refractivity contribution in [2.75, 3.05) is 18.4 Å². The van der Waals surface area contributed by atoms with Crippen molar-refractivity contribution in [3.8, 4) is 0 Å². The molecule has 2 heterocycles. The van der Waals surface area contributed by atoms with Crippen molar-refractivity contribution < 1.29 is 18.9 Å². The molecule has 1 fully saturated rings. The predicted molar refractivity (Wildman–Crippen MR) is 85.7 cm³/mol. The summed E-state index contributed by atoms with van der Waals surface area (Å²) < 4.78 is 4.88. The molecule has 2 amide bonds. The molecule has 0 spiro atoms. The number of hydrogen-bond acceptors (Lipinski definition) is 5. The number of nitrogens with one attached hydrogen (secondary N) is 1. The largest absolute Gasteiger partial charge is 0.361 e. The van der Waals surface area contributed by atoms with Gasteiger partial charge in [0.25, 0.3) is 5.91 Å². The van der Waals surface area contributed by atoms with Gasteiger partial charge in [-0.2, -0.15) is 0 Å². The molecule has 1 N–H and O–H groups in total. The number of hydrogen-bond donors (Lipinski definition) is 1. The van der Waals surface area contributed by atoms with Gasteiger partial charge >= 0.3 is 0 Å². The van der Waals surface area contributed by atoms with Crippen LogP contribution in [0.1, 0.15) is 33.5 Å². The lowest BCUT2D eigenvalue weighted by Gasteiger charge is -2.37. The summed E-state index contributed by atoms with van der Waals surface area (Å²) in [5.74, 6) is -0.179. The van der Waals surface area contributed by atoms with Crippen molar-refractivity contribution in [3.05, 3.63) is 47.3 Å². The second-order valence-electron chi connectivity index (χ2n) is 5.86. The molecule has 1 aliphatic heterocycles. The van der Waals surface area contributed by atoms with Crippen LogP contribution in [0.4, 0.5) is 5.69 Å². The van der Waals surface area contributed by atoms with Crippen LogP contribution < -0.4 is 5.32 Å². The van der Waals surface area contributed by atoms with Crippen LogP contribution in [0.25, 0.3) is 0 Å². The van der Waals surface area contributed by atoms with Crippen LogP contribution in [-0.2, 0) is 4.79 Å². The topological polar surface area (TPSA) is 92.5 Å². The van der Waals surface area contributed by atoms with E-state index in [2.05, 4.69) is 10.5 Å². The molecule has 0 unspecified atom stereocenters. The fourth-order valence-electron chi connectivity index (χ4n) is 2.50. The van der Waals surface area contributed by atoms with Gasteiger partial charge in [-0.1, -0.05) is 17.3 Å². The zero-order chi connectivity index (χ0) is 17.3.